The molecule has 1 fully saturated rings. The first-order valence-corrected chi connectivity index (χ1v) is 7.26. The Bertz CT molecular complexity index is 464. The Morgan fingerprint density at radius 1 is 1.37 bits per heavy atom. The Labute approximate surface area is 120 Å². The van der Waals surface area contributed by atoms with Gasteiger partial charge in [0, 0.05) is 12.1 Å². The molecular weight excluding hydrogens is 258 g/mol. The van der Waals surface area contributed by atoms with Gasteiger partial charge in [-0.2, -0.15) is 0 Å². The molecule has 104 valence electrons. The van der Waals surface area contributed by atoms with Crippen molar-refractivity contribution in [2.75, 3.05) is 19.6 Å². The van der Waals surface area contributed by atoms with Crippen molar-refractivity contribution in [3.05, 3.63) is 34.9 Å². The summed E-state index contributed by atoms with van der Waals surface area (Å²) in [5.74, 6) is 0.798. The van der Waals surface area contributed by atoms with Crippen LogP contribution in [0.4, 0.5) is 0 Å². The molecule has 1 unspecified atom stereocenters. The highest BCUT2D eigenvalue weighted by atomic mass is 35.5. The van der Waals surface area contributed by atoms with Crippen LogP contribution < -0.4 is 0 Å². The first-order valence-electron chi connectivity index (χ1n) is 6.88. The van der Waals surface area contributed by atoms with Crippen molar-refractivity contribution in [2.45, 2.75) is 27.2 Å². The summed E-state index contributed by atoms with van der Waals surface area (Å²) >= 11 is 6.07. The fourth-order valence-corrected chi connectivity index (χ4v) is 2.90. The molecule has 2 nitrogen and oxygen atoms in total. The number of likely N-dealkylation sites (tertiary alicyclic amines) is 1. The summed E-state index contributed by atoms with van der Waals surface area (Å²) in [6.45, 7) is 9.33. The zero-order chi connectivity index (χ0) is 14.0. The predicted octanol–water partition coefficient (Wildman–Crippen LogP) is 3.89. The van der Waals surface area contributed by atoms with Crippen molar-refractivity contribution in [3.63, 3.8) is 0 Å². The van der Waals surface area contributed by atoms with E-state index in [1.807, 2.05) is 18.2 Å². The van der Waals surface area contributed by atoms with Crippen LogP contribution in [-0.2, 0) is 0 Å². The van der Waals surface area contributed by atoms with Crippen LogP contribution in [0.3, 0.4) is 0 Å². The maximum absolute atomic E-state index is 12.3. The lowest BCUT2D eigenvalue weighted by molar-refractivity contribution is 0.0938. The minimum Gasteiger partial charge on any atom is -0.295 e. The molecule has 0 radical (unpaired) electrons. The van der Waals surface area contributed by atoms with Gasteiger partial charge in [0.1, 0.15) is 0 Å². The van der Waals surface area contributed by atoms with Crippen molar-refractivity contribution in [1.29, 1.82) is 0 Å². The van der Waals surface area contributed by atoms with E-state index in [4.69, 9.17) is 11.6 Å². The minimum absolute atomic E-state index is 0.125. The molecule has 2 rings (SSSR count). The van der Waals surface area contributed by atoms with Gasteiger partial charge in [-0.15, -0.1) is 0 Å². The van der Waals surface area contributed by atoms with Crippen molar-refractivity contribution in [1.82, 2.24) is 4.90 Å². The van der Waals surface area contributed by atoms with E-state index < -0.39 is 0 Å². The number of Topliss-reactive ketones (excluding diaryl/α,β-unsaturated/α-hetero) is 1. The van der Waals surface area contributed by atoms with E-state index in [1.54, 1.807) is 6.07 Å². The van der Waals surface area contributed by atoms with Crippen LogP contribution in [0, 0.1) is 11.3 Å². The molecule has 1 saturated heterocycles. The van der Waals surface area contributed by atoms with Gasteiger partial charge < -0.3 is 0 Å². The summed E-state index contributed by atoms with van der Waals surface area (Å²) < 4.78 is 0. The largest absolute Gasteiger partial charge is 0.295 e. The first kappa shape index (κ1) is 14.5. The van der Waals surface area contributed by atoms with Crippen molar-refractivity contribution < 1.29 is 4.79 Å². The highest BCUT2D eigenvalue weighted by Gasteiger charge is 2.32. The van der Waals surface area contributed by atoms with Gasteiger partial charge in [-0.05, 0) is 36.4 Å². The number of hydrogen-bond acceptors (Lipinski definition) is 2. The molecule has 0 aliphatic carbocycles. The van der Waals surface area contributed by atoms with Crippen LogP contribution in [0.2, 0.25) is 5.02 Å². The second-order valence-corrected chi connectivity index (χ2v) is 6.90. The molecule has 1 aromatic carbocycles. The molecule has 1 aliphatic heterocycles. The zero-order valence-corrected chi connectivity index (χ0v) is 12.7. The molecule has 0 spiro atoms. The third kappa shape index (κ3) is 3.58. The van der Waals surface area contributed by atoms with E-state index in [-0.39, 0.29) is 5.78 Å². The van der Waals surface area contributed by atoms with E-state index in [0.717, 1.165) is 13.1 Å². The molecule has 1 atom stereocenters. The molecule has 0 bridgehead atoms. The molecule has 19 heavy (non-hydrogen) atoms. The SMILES string of the molecule is CC(C)(C)C1CCN(CC(=O)c2ccccc2Cl)C1. The van der Waals surface area contributed by atoms with Crippen LogP contribution in [-0.4, -0.2) is 30.3 Å². The number of benzene rings is 1. The van der Waals surface area contributed by atoms with Gasteiger partial charge in [-0.25, -0.2) is 0 Å². The third-order valence-corrected chi connectivity index (χ3v) is 4.37. The molecule has 1 aliphatic rings. The molecule has 0 aromatic heterocycles. The lowest BCUT2D eigenvalue weighted by Crippen LogP contribution is -2.30. The summed E-state index contributed by atoms with van der Waals surface area (Å²) in [4.78, 5) is 14.5. The second kappa shape index (κ2) is 5.64. The van der Waals surface area contributed by atoms with Gasteiger partial charge in [0.25, 0.3) is 0 Å². The Balaban J connectivity index is 1.97. The number of rotatable bonds is 3. The van der Waals surface area contributed by atoms with Crippen LogP contribution in [0.25, 0.3) is 0 Å². The smallest absolute Gasteiger partial charge is 0.178 e. The molecule has 1 aromatic rings. The van der Waals surface area contributed by atoms with E-state index in [9.17, 15) is 4.79 Å². The lowest BCUT2D eigenvalue weighted by atomic mass is 9.80. The van der Waals surface area contributed by atoms with Gasteiger partial charge in [-0.3, -0.25) is 9.69 Å². The number of ketones is 1. The summed E-state index contributed by atoms with van der Waals surface area (Å²) in [6.07, 6.45) is 1.18. The van der Waals surface area contributed by atoms with Crippen molar-refractivity contribution >= 4 is 17.4 Å². The third-order valence-electron chi connectivity index (χ3n) is 4.04. The number of carbonyl (C=O) groups excluding carboxylic acids is 1. The van der Waals surface area contributed by atoms with Crippen LogP contribution in [0.15, 0.2) is 24.3 Å². The maximum Gasteiger partial charge on any atom is 0.178 e. The molecular formula is C16H22ClNO. The minimum atomic E-state index is 0.125. The topological polar surface area (TPSA) is 20.3 Å². The van der Waals surface area contributed by atoms with Crippen LogP contribution >= 0.6 is 11.6 Å². The Morgan fingerprint density at radius 2 is 2.05 bits per heavy atom. The average Bonchev–Trinajstić information content (AvgIpc) is 2.77. The van der Waals surface area contributed by atoms with Gasteiger partial charge in [0.15, 0.2) is 5.78 Å². The van der Waals surface area contributed by atoms with Crippen molar-refractivity contribution in [3.8, 4) is 0 Å². The van der Waals surface area contributed by atoms with E-state index in [1.165, 1.54) is 6.42 Å². The second-order valence-electron chi connectivity index (χ2n) is 6.49. The van der Waals surface area contributed by atoms with Crippen LogP contribution in [0.1, 0.15) is 37.6 Å². The van der Waals surface area contributed by atoms with Gasteiger partial charge in [-0.1, -0.05) is 44.5 Å². The first-order chi connectivity index (χ1) is 8.88. The Kier molecular flexibility index (Phi) is 4.32. The lowest BCUT2D eigenvalue weighted by Gasteiger charge is -2.27. The van der Waals surface area contributed by atoms with E-state index >= 15 is 0 Å². The summed E-state index contributed by atoms with van der Waals surface area (Å²) in [5, 5.41) is 0.555. The summed E-state index contributed by atoms with van der Waals surface area (Å²) in [5.41, 5.74) is 0.964. The standard InChI is InChI=1S/C16H22ClNO/c1-16(2,3)12-8-9-18(10-12)11-15(19)13-6-4-5-7-14(13)17/h4-7,12H,8-11H2,1-3H3. The molecule has 1 heterocycles. The van der Waals surface area contributed by atoms with E-state index in [2.05, 4.69) is 25.7 Å². The van der Waals surface area contributed by atoms with Gasteiger partial charge >= 0.3 is 0 Å². The molecule has 0 N–H and O–H groups in total. The summed E-state index contributed by atoms with van der Waals surface area (Å²) in [7, 11) is 0. The monoisotopic (exact) mass is 279 g/mol. The zero-order valence-electron chi connectivity index (χ0n) is 11.9. The number of carbonyl (C=O) groups is 1. The Hall–Kier alpha value is -0.860. The number of hydrogen-bond donors (Lipinski definition) is 0. The fourth-order valence-electron chi connectivity index (χ4n) is 2.66. The predicted molar refractivity (Wildman–Crippen MR) is 79.8 cm³/mol. The van der Waals surface area contributed by atoms with Gasteiger partial charge in [0.05, 0.1) is 11.6 Å². The Morgan fingerprint density at radius 3 is 2.63 bits per heavy atom. The number of halogens is 1. The summed E-state index contributed by atoms with van der Waals surface area (Å²) in [6, 6.07) is 7.30. The quantitative estimate of drug-likeness (QED) is 0.783. The fraction of sp³-hybridized carbons (Fsp3) is 0.562. The average molecular weight is 280 g/mol. The molecule has 0 amide bonds. The highest BCUT2D eigenvalue weighted by molar-refractivity contribution is 6.34. The van der Waals surface area contributed by atoms with E-state index in [0.29, 0.717) is 28.5 Å². The highest BCUT2D eigenvalue weighted by Crippen LogP contribution is 2.33. The van der Waals surface area contributed by atoms with Gasteiger partial charge in [0.2, 0.25) is 0 Å². The van der Waals surface area contributed by atoms with Crippen molar-refractivity contribution in [2.24, 2.45) is 11.3 Å². The maximum atomic E-state index is 12.3. The normalized spacial score (nSPS) is 20.7. The molecule has 0 saturated carbocycles. The van der Waals surface area contributed by atoms with Crippen LogP contribution in [0.5, 0.6) is 0 Å². The number of nitrogens with zero attached hydrogens (tertiary/aromatic N) is 1. The molecule has 3 heteroatoms.